The maximum atomic E-state index is 5.61. The van der Waals surface area contributed by atoms with Crippen molar-refractivity contribution < 1.29 is 0 Å². The van der Waals surface area contributed by atoms with Gasteiger partial charge in [-0.3, -0.25) is 0 Å². The van der Waals surface area contributed by atoms with E-state index in [9.17, 15) is 0 Å². The maximum absolute atomic E-state index is 5.61. The Morgan fingerprint density at radius 1 is 1.37 bits per heavy atom. The van der Waals surface area contributed by atoms with Gasteiger partial charge in [-0.25, -0.2) is 4.98 Å². The summed E-state index contributed by atoms with van der Waals surface area (Å²) < 4.78 is 0. The Morgan fingerprint density at radius 2 is 2.16 bits per heavy atom. The molecule has 1 fully saturated rings. The van der Waals surface area contributed by atoms with Crippen LogP contribution >= 0.6 is 0 Å². The Labute approximate surface area is 113 Å². The predicted octanol–water partition coefficient (Wildman–Crippen LogP) is 1.95. The second-order valence-electron chi connectivity index (χ2n) is 5.34. The molecule has 1 unspecified atom stereocenters. The molecule has 2 heterocycles. The number of imidazole rings is 1. The van der Waals surface area contributed by atoms with Crippen LogP contribution in [0.1, 0.15) is 23.6 Å². The number of aromatic nitrogens is 2. The van der Waals surface area contributed by atoms with Gasteiger partial charge in [0.1, 0.15) is 5.82 Å². The highest BCUT2D eigenvalue weighted by atomic mass is 15.1. The molecule has 0 radical (unpaired) electrons. The Kier molecular flexibility index (Phi) is 3.36. The molecule has 19 heavy (non-hydrogen) atoms. The van der Waals surface area contributed by atoms with Crippen molar-refractivity contribution in [3.8, 4) is 11.4 Å². The Hall–Kier alpha value is -1.65. The predicted molar refractivity (Wildman–Crippen MR) is 76.8 cm³/mol. The third-order valence-electron chi connectivity index (χ3n) is 3.89. The molecule has 0 spiro atoms. The lowest BCUT2D eigenvalue weighted by atomic mass is 10.1. The van der Waals surface area contributed by atoms with Gasteiger partial charge in [-0.2, -0.15) is 0 Å². The molecule has 1 saturated heterocycles. The van der Waals surface area contributed by atoms with Crippen LogP contribution in [0.25, 0.3) is 11.4 Å². The van der Waals surface area contributed by atoms with Crippen LogP contribution in [0.5, 0.6) is 0 Å². The van der Waals surface area contributed by atoms with E-state index in [1.165, 1.54) is 18.7 Å². The van der Waals surface area contributed by atoms with E-state index in [-0.39, 0.29) is 0 Å². The van der Waals surface area contributed by atoms with Gasteiger partial charge in [-0.1, -0.05) is 24.3 Å². The minimum Gasteiger partial charge on any atom is -0.342 e. The molecule has 3 rings (SSSR count). The van der Waals surface area contributed by atoms with E-state index < -0.39 is 0 Å². The number of nitrogens with two attached hydrogens (primary N) is 1. The molecule has 0 aliphatic carbocycles. The molecular formula is C15H20N4. The van der Waals surface area contributed by atoms with Crippen molar-refractivity contribution in [3.05, 3.63) is 41.7 Å². The zero-order valence-corrected chi connectivity index (χ0v) is 11.3. The molecule has 0 amide bonds. The number of likely N-dealkylation sites (tertiary alicyclic amines) is 1. The lowest BCUT2D eigenvalue weighted by molar-refractivity contribution is 0.411. The van der Waals surface area contributed by atoms with Crippen molar-refractivity contribution >= 4 is 0 Å². The molecule has 1 atom stereocenters. The SMILES string of the molecule is CN1CCC(c2cnc(-c3ccc(CN)cc3)[nH]2)C1. The maximum Gasteiger partial charge on any atom is 0.137 e. The number of rotatable bonds is 3. The number of nitrogens with zero attached hydrogens (tertiary/aromatic N) is 2. The molecule has 0 saturated carbocycles. The molecule has 0 bridgehead atoms. The third-order valence-corrected chi connectivity index (χ3v) is 3.89. The van der Waals surface area contributed by atoms with E-state index >= 15 is 0 Å². The van der Waals surface area contributed by atoms with E-state index in [2.05, 4.69) is 46.2 Å². The fourth-order valence-electron chi connectivity index (χ4n) is 2.68. The zero-order chi connectivity index (χ0) is 13.2. The zero-order valence-electron chi connectivity index (χ0n) is 11.3. The van der Waals surface area contributed by atoms with E-state index in [0.717, 1.165) is 23.5 Å². The minimum atomic E-state index is 0.581. The monoisotopic (exact) mass is 256 g/mol. The van der Waals surface area contributed by atoms with E-state index in [1.54, 1.807) is 0 Å². The summed E-state index contributed by atoms with van der Waals surface area (Å²) >= 11 is 0. The number of benzene rings is 1. The van der Waals surface area contributed by atoms with Gasteiger partial charge >= 0.3 is 0 Å². The van der Waals surface area contributed by atoms with Crippen molar-refractivity contribution in [3.63, 3.8) is 0 Å². The first-order valence-electron chi connectivity index (χ1n) is 6.79. The van der Waals surface area contributed by atoms with Crippen LogP contribution in [-0.4, -0.2) is 35.0 Å². The van der Waals surface area contributed by atoms with Gasteiger partial charge in [0.2, 0.25) is 0 Å². The quantitative estimate of drug-likeness (QED) is 0.882. The summed E-state index contributed by atoms with van der Waals surface area (Å²) in [6.07, 6.45) is 3.19. The van der Waals surface area contributed by atoms with Gasteiger partial charge < -0.3 is 15.6 Å². The van der Waals surface area contributed by atoms with Crippen LogP contribution in [0.3, 0.4) is 0 Å². The average molecular weight is 256 g/mol. The largest absolute Gasteiger partial charge is 0.342 e. The number of aromatic amines is 1. The summed E-state index contributed by atoms with van der Waals surface area (Å²) in [6.45, 7) is 2.87. The van der Waals surface area contributed by atoms with Crippen molar-refractivity contribution in [2.75, 3.05) is 20.1 Å². The van der Waals surface area contributed by atoms with Crippen LogP contribution in [-0.2, 0) is 6.54 Å². The number of likely N-dealkylation sites (N-methyl/N-ethyl adjacent to an activating group) is 1. The van der Waals surface area contributed by atoms with E-state index in [4.69, 9.17) is 5.73 Å². The fraction of sp³-hybridized carbons (Fsp3) is 0.400. The summed E-state index contributed by atoms with van der Waals surface area (Å²) in [6, 6.07) is 8.26. The number of nitrogens with one attached hydrogen (secondary N) is 1. The summed E-state index contributed by atoms with van der Waals surface area (Å²) in [5.74, 6) is 1.54. The average Bonchev–Trinajstić information content (AvgIpc) is 3.07. The van der Waals surface area contributed by atoms with Crippen molar-refractivity contribution in [2.24, 2.45) is 5.73 Å². The minimum absolute atomic E-state index is 0.581. The van der Waals surface area contributed by atoms with Crippen LogP contribution < -0.4 is 5.73 Å². The summed E-state index contributed by atoms with van der Waals surface area (Å²) in [5.41, 5.74) is 9.13. The number of hydrogen-bond acceptors (Lipinski definition) is 3. The molecule has 1 aromatic carbocycles. The normalized spacial score (nSPS) is 20.0. The molecule has 100 valence electrons. The number of hydrogen-bond donors (Lipinski definition) is 2. The molecule has 1 aliphatic heterocycles. The topological polar surface area (TPSA) is 57.9 Å². The second-order valence-corrected chi connectivity index (χ2v) is 5.34. The first-order valence-corrected chi connectivity index (χ1v) is 6.79. The van der Waals surface area contributed by atoms with Gasteiger partial charge in [0.05, 0.1) is 0 Å². The summed E-state index contributed by atoms with van der Waals surface area (Å²) in [7, 11) is 2.17. The van der Waals surface area contributed by atoms with Gasteiger partial charge in [0.25, 0.3) is 0 Å². The van der Waals surface area contributed by atoms with Gasteiger partial charge in [-0.15, -0.1) is 0 Å². The lowest BCUT2D eigenvalue weighted by Gasteiger charge is -2.07. The molecule has 1 aliphatic rings. The van der Waals surface area contributed by atoms with Crippen LogP contribution in [0.2, 0.25) is 0 Å². The first-order chi connectivity index (χ1) is 9.26. The van der Waals surface area contributed by atoms with E-state index in [0.29, 0.717) is 12.5 Å². The summed E-state index contributed by atoms with van der Waals surface area (Å²) in [5, 5.41) is 0. The highest BCUT2D eigenvalue weighted by Gasteiger charge is 2.22. The Balaban J connectivity index is 1.80. The van der Waals surface area contributed by atoms with Crippen LogP contribution in [0.15, 0.2) is 30.5 Å². The highest BCUT2D eigenvalue weighted by molar-refractivity contribution is 5.55. The molecular weight excluding hydrogens is 236 g/mol. The lowest BCUT2D eigenvalue weighted by Crippen LogP contribution is -2.13. The Bertz CT molecular complexity index is 544. The second kappa shape index (κ2) is 5.15. The smallest absolute Gasteiger partial charge is 0.137 e. The van der Waals surface area contributed by atoms with Gasteiger partial charge in [0.15, 0.2) is 0 Å². The fourth-order valence-corrected chi connectivity index (χ4v) is 2.68. The number of H-pyrrole nitrogens is 1. The molecule has 2 aromatic rings. The van der Waals surface area contributed by atoms with Gasteiger partial charge in [-0.05, 0) is 25.6 Å². The molecule has 3 N–H and O–H groups in total. The van der Waals surface area contributed by atoms with Gasteiger partial charge in [0, 0.05) is 36.5 Å². The first kappa shape index (κ1) is 12.4. The molecule has 1 aromatic heterocycles. The standard InChI is InChI=1S/C15H20N4/c1-19-7-6-13(10-19)14-9-17-15(18-14)12-4-2-11(8-16)3-5-12/h2-5,9,13H,6-8,10,16H2,1H3,(H,17,18). The molecule has 4 heteroatoms. The van der Waals surface area contributed by atoms with Crippen molar-refractivity contribution in [1.82, 2.24) is 14.9 Å². The molecule has 4 nitrogen and oxygen atoms in total. The Morgan fingerprint density at radius 3 is 2.79 bits per heavy atom. The van der Waals surface area contributed by atoms with Crippen molar-refractivity contribution in [1.29, 1.82) is 0 Å². The third kappa shape index (κ3) is 2.55. The van der Waals surface area contributed by atoms with E-state index in [1.807, 2.05) is 6.20 Å². The summed E-state index contributed by atoms with van der Waals surface area (Å²) in [4.78, 5) is 10.3. The van der Waals surface area contributed by atoms with Crippen LogP contribution in [0.4, 0.5) is 0 Å². The highest BCUT2D eigenvalue weighted by Crippen LogP contribution is 2.26. The van der Waals surface area contributed by atoms with Crippen molar-refractivity contribution in [2.45, 2.75) is 18.9 Å². The van der Waals surface area contributed by atoms with Crippen LogP contribution in [0, 0.1) is 0 Å².